The predicted molar refractivity (Wildman–Crippen MR) is 81.9 cm³/mol. The van der Waals surface area contributed by atoms with Crippen LogP contribution in [0.15, 0.2) is 18.3 Å². The number of carbonyl (C=O) groups excluding carboxylic acids is 1. The second kappa shape index (κ2) is 6.73. The fourth-order valence-electron chi connectivity index (χ4n) is 2.76. The van der Waals surface area contributed by atoms with Gasteiger partial charge in [-0.2, -0.15) is 0 Å². The lowest BCUT2D eigenvalue weighted by atomic mass is 9.86. The Hall–Kier alpha value is -1.58. The van der Waals surface area contributed by atoms with Gasteiger partial charge in [0, 0.05) is 19.6 Å². The number of rotatable bonds is 4. The van der Waals surface area contributed by atoms with Gasteiger partial charge in [0.25, 0.3) is 5.91 Å². The highest BCUT2D eigenvalue weighted by Crippen LogP contribution is 2.25. The summed E-state index contributed by atoms with van der Waals surface area (Å²) in [6.45, 7) is 9.15. The molecule has 4 nitrogen and oxygen atoms in total. The second-order valence-electron chi connectivity index (χ2n) is 5.84. The molecule has 1 amide bonds. The first-order valence-corrected chi connectivity index (χ1v) is 7.61. The zero-order valence-corrected chi connectivity index (χ0v) is 12.7. The number of pyridine rings is 1. The summed E-state index contributed by atoms with van der Waals surface area (Å²) in [5, 5.41) is 3.18. The van der Waals surface area contributed by atoms with E-state index in [0.717, 1.165) is 44.1 Å². The van der Waals surface area contributed by atoms with E-state index < -0.39 is 0 Å². The van der Waals surface area contributed by atoms with Gasteiger partial charge in [0.15, 0.2) is 0 Å². The van der Waals surface area contributed by atoms with Crippen LogP contribution in [-0.2, 0) is 0 Å². The highest BCUT2D eigenvalue weighted by molar-refractivity contribution is 5.92. The van der Waals surface area contributed by atoms with Crippen LogP contribution in [0.5, 0.6) is 0 Å². The Morgan fingerprint density at radius 1 is 1.40 bits per heavy atom. The molecular weight excluding hydrogens is 250 g/mol. The molecule has 0 atom stereocenters. The SMILES string of the molecule is CCNc1ccc(C(=O)N2CCC(C(C)C)CC2)nc1. The number of aromatic nitrogens is 1. The number of nitrogens with one attached hydrogen (secondary N) is 1. The summed E-state index contributed by atoms with van der Waals surface area (Å²) < 4.78 is 0. The molecule has 1 aliphatic heterocycles. The fourth-order valence-corrected chi connectivity index (χ4v) is 2.76. The van der Waals surface area contributed by atoms with Gasteiger partial charge in [-0.05, 0) is 43.7 Å². The number of piperidine rings is 1. The maximum absolute atomic E-state index is 12.4. The molecule has 1 fully saturated rings. The van der Waals surface area contributed by atoms with Crippen molar-refractivity contribution in [1.29, 1.82) is 0 Å². The minimum atomic E-state index is 0.0651. The number of hydrogen-bond acceptors (Lipinski definition) is 3. The fraction of sp³-hybridized carbons (Fsp3) is 0.625. The summed E-state index contributed by atoms with van der Waals surface area (Å²) in [6.07, 6.45) is 3.95. The number of nitrogens with zero attached hydrogens (tertiary/aromatic N) is 2. The number of carbonyl (C=O) groups is 1. The molecule has 1 aromatic rings. The summed E-state index contributed by atoms with van der Waals surface area (Å²) in [7, 11) is 0. The van der Waals surface area contributed by atoms with Crippen LogP contribution >= 0.6 is 0 Å². The van der Waals surface area contributed by atoms with Crippen LogP contribution in [0.25, 0.3) is 0 Å². The quantitative estimate of drug-likeness (QED) is 0.918. The number of amides is 1. The van der Waals surface area contributed by atoms with Gasteiger partial charge in [0.1, 0.15) is 5.69 Å². The molecule has 1 aromatic heterocycles. The molecule has 1 aliphatic rings. The largest absolute Gasteiger partial charge is 0.384 e. The van der Waals surface area contributed by atoms with Crippen LogP contribution in [0.1, 0.15) is 44.1 Å². The van der Waals surface area contributed by atoms with Crippen LogP contribution in [0.2, 0.25) is 0 Å². The van der Waals surface area contributed by atoms with E-state index in [1.54, 1.807) is 6.20 Å². The Morgan fingerprint density at radius 2 is 2.10 bits per heavy atom. The van der Waals surface area contributed by atoms with Crippen molar-refractivity contribution in [3.05, 3.63) is 24.0 Å². The number of anilines is 1. The van der Waals surface area contributed by atoms with Crippen molar-refractivity contribution in [1.82, 2.24) is 9.88 Å². The molecular formula is C16H25N3O. The van der Waals surface area contributed by atoms with E-state index in [4.69, 9.17) is 0 Å². The molecule has 4 heteroatoms. The van der Waals surface area contributed by atoms with Crippen molar-refractivity contribution in [2.24, 2.45) is 11.8 Å². The standard InChI is InChI=1S/C16H25N3O/c1-4-17-14-5-6-15(18-11-14)16(20)19-9-7-13(8-10-19)12(2)3/h5-6,11-13,17H,4,7-10H2,1-3H3. The third-order valence-electron chi connectivity index (χ3n) is 4.13. The number of likely N-dealkylation sites (tertiary alicyclic amines) is 1. The predicted octanol–water partition coefficient (Wildman–Crippen LogP) is 3.02. The van der Waals surface area contributed by atoms with Crippen LogP contribution in [0, 0.1) is 11.8 Å². The van der Waals surface area contributed by atoms with Crippen molar-refractivity contribution in [2.75, 3.05) is 25.0 Å². The molecule has 2 heterocycles. The van der Waals surface area contributed by atoms with Crippen molar-refractivity contribution in [2.45, 2.75) is 33.6 Å². The summed E-state index contributed by atoms with van der Waals surface area (Å²) in [5.41, 5.74) is 1.51. The molecule has 2 rings (SSSR count). The first kappa shape index (κ1) is 14.8. The van der Waals surface area contributed by atoms with E-state index in [-0.39, 0.29) is 5.91 Å². The smallest absolute Gasteiger partial charge is 0.272 e. The molecule has 110 valence electrons. The molecule has 0 radical (unpaired) electrons. The van der Waals surface area contributed by atoms with Crippen LogP contribution in [-0.4, -0.2) is 35.4 Å². The van der Waals surface area contributed by atoms with Crippen molar-refractivity contribution in [3.63, 3.8) is 0 Å². The van der Waals surface area contributed by atoms with Gasteiger partial charge in [-0.15, -0.1) is 0 Å². The van der Waals surface area contributed by atoms with Crippen molar-refractivity contribution >= 4 is 11.6 Å². The molecule has 0 aliphatic carbocycles. The maximum atomic E-state index is 12.4. The van der Waals surface area contributed by atoms with Gasteiger partial charge in [-0.25, -0.2) is 4.98 Å². The molecule has 0 bridgehead atoms. The summed E-state index contributed by atoms with van der Waals surface area (Å²) in [5.74, 6) is 1.53. The van der Waals surface area contributed by atoms with Crippen LogP contribution in [0.4, 0.5) is 5.69 Å². The topological polar surface area (TPSA) is 45.2 Å². The van der Waals surface area contributed by atoms with Gasteiger partial charge in [-0.1, -0.05) is 13.8 Å². The lowest BCUT2D eigenvalue weighted by Crippen LogP contribution is -2.39. The zero-order chi connectivity index (χ0) is 14.5. The Kier molecular flexibility index (Phi) is 4.99. The Balaban J connectivity index is 1.94. The molecule has 20 heavy (non-hydrogen) atoms. The van der Waals surface area contributed by atoms with Gasteiger partial charge >= 0.3 is 0 Å². The van der Waals surface area contributed by atoms with Gasteiger partial charge < -0.3 is 10.2 Å². The Morgan fingerprint density at radius 3 is 2.60 bits per heavy atom. The summed E-state index contributed by atoms with van der Waals surface area (Å²) in [4.78, 5) is 18.6. The lowest BCUT2D eigenvalue weighted by molar-refractivity contribution is 0.0662. The van der Waals surface area contributed by atoms with Crippen LogP contribution < -0.4 is 5.32 Å². The molecule has 0 aromatic carbocycles. The van der Waals surface area contributed by atoms with Crippen LogP contribution in [0.3, 0.4) is 0 Å². The summed E-state index contributed by atoms with van der Waals surface area (Å²) in [6, 6.07) is 3.74. The van der Waals surface area contributed by atoms with Gasteiger partial charge in [-0.3, -0.25) is 4.79 Å². The normalized spacial score (nSPS) is 16.5. The minimum absolute atomic E-state index is 0.0651. The van der Waals surface area contributed by atoms with E-state index in [9.17, 15) is 4.79 Å². The monoisotopic (exact) mass is 275 g/mol. The van der Waals surface area contributed by atoms with E-state index in [2.05, 4.69) is 24.1 Å². The highest BCUT2D eigenvalue weighted by atomic mass is 16.2. The average Bonchev–Trinajstić information content (AvgIpc) is 2.48. The van der Waals surface area contributed by atoms with Crippen molar-refractivity contribution < 1.29 is 4.79 Å². The minimum Gasteiger partial charge on any atom is -0.384 e. The third-order valence-corrected chi connectivity index (χ3v) is 4.13. The maximum Gasteiger partial charge on any atom is 0.272 e. The summed E-state index contributed by atoms with van der Waals surface area (Å²) >= 11 is 0. The average molecular weight is 275 g/mol. The van der Waals surface area contributed by atoms with E-state index >= 15 is 0 Å². The van der Waals surface area contributed by atoms with E-state index in [1.165, 1.54) is 0 Å². The molecule has 0 spiro atoms. The van der Waals surface area contributed by atoms with E-state index in [1.807, 2.05) is 24.0 Å². The second-order valence-corrected chi connectivity index (χ2v) is 5.84. The zero-order valence-electron chi connectivity index (χ0n) is 12.7. The third kappa shape index (κ3) is 3.50. The molecule has 0 saturated carbocycles. The Labute approximate surface area is 121 Å². The molecule has 1 saturated heterocycles. The van der Waals surface area contributed by atoms with Crippen molar-refractivity contribution in [3.8, 4) is 0 Å². The molecule has 0 unspecified atom stereocenters. The highest BCUT2D eigenvalue weighted by Gasteiger charge is 2.25. The van der Waals surface area contributed by atoms with Gasteiger partial charge in [0.05, 0.1) is 11.9 Å². The van der Waals surface area contributed by atoms with Gasteiger partial charge in [0.2, 0.25) is 0 Å². The first-order valence-electron chi connectivity index (χ1n) is 7.61. The van der Waals surface area contributed by atoms with E-state index in [0.29, 0.717) is 11.6 Å². The molecule has 1 N–H and O–H groups in total. The lowest BCUT2D eigenvalue weighted by Gasteiger charge is -2.33. The first-order chi connectivity index (χ1) is 9.61. The number of hydrogen-bond donors (Lipinski definition) is 1. The Bertz CT molecular complexity index is 434.